The molecule has 0 bridgehead atoms. The van der Waals surface area contributed by atoms with E-state index in [4.69, 9.17) is 9.47 Å². The summed E-state index contributed by atoms with van der Waals surface area (Å²) in [7, 11) is 0. The average Bonchev–Trinajstić information content (AvgIpc) is 3.06. The quantitative estimate of drug-likeness (QED) is 0.455. The molecule has 2 fully saturated rings. The van der Waals surface area contributed by atoms with Crippen molar-refractivity contribution >= 4 is 11.8 Å². The van der Waals surface area contributed by atoms with Crippen LogP contribution in [0.15, 0.2) is 36.3 Å². The van der Waals surface area contributed by atoms with Crippen LogP contribution in [0.25, 0.3) is 0 Å². The van der Waals surface area contributed by atoms with Crippen molar-refractivity contribution < 1.29 is 24.2 Å². The number of ether oxygens (including phenoxy) is 2. The Morgan fingerprint density at radius 2 is 1.96 bits per heavy atom. The van der Waals surface area contributed by atoms with Gasteiger partial charge in [0.25, 0.3) is 5.95 Å². The molecule has 5 heteroatoms. The van der Waals surface area contributed by atoms with Crippen molar-refractivity contribution in [2.45, 2.75) is 60.2 Å². The number of hydrogen-bond donors (Lipinski definition) is 1. The highest BCUT2D eigenvalue weighted by Crippen LogP contribution is 2.75. The highest BCUT2D eigenvalue weighted by atomic mass is 16.6. The number of aliphatic hydroxyl groups is 1. The van der Waals surface area contributed by atoms with E-state index in [0.29, 0.717) is 12.0 Å². The molecule has 3 aliphatic carbocycles. The molecule has 0 aromatic rings. The minimum atomic E-state index is -0.862. The molecule has 27 heavy (non-hydrogen) atoms. The van der Waals surface area contributed by atoms with Crippen molar-refractivity contribution in [3.8, 4) is 0 Å². The zero-order chi connectivity index (χ0) is 20.4. The van der Waals surface area contributed by atoms with Crippen LogP contribution in [0.5, 0.6) is 0 Å². The third-order valence-electron chi connectivity index (χ3n) is 7.48. The minimum absolute atomic E-state index is 0.00988. The highest BCUT2D eigenvalue weighted by molar-refractivity contribution is 6.00. The second-order valence-corrected chi connectivity index (χ2v) is 9.08. The van der Waals surface area contributed by atoms with Gasteiger partial charge in [-0.15, -0.1) is 0 Å². The van der Waals surface area contributed by atoms with Crippen LogP contribution in [-0.2, 0) is 19.1 Å². The lowest BCUT2D eigenvalue weighted by atomic mass is 9.61. The Kier molecular flexibility index (Phi) is 4.37. The van der Waals surface area contributed by atoms with E-state index in [1.54, 1.807) is 26.0 Å². The van der Waals surface area contributed by atoms with Crippen molar-refractivity contribution in [3.63, 3.8) is 0 Å². The van der Waals surface area contributed by atoms with E-state index in [1.807, 2.05) is 26.8 Å². The molecule has 2 saturated carbocycles. The van der Waals surface area contributed by atoms with Crippen LogP contribution in [0.3, 0.4) is 0 Å². The van der Waals surface area contributed by atoms with E-state index >= 15 is 0 Å². The number of carbonyl (C=O) groups excluding carboxylic acids is 2. The third kappa shape index (κ3) is 2.29. The van der Waals surface area contributed by atoms with Crippen LogP contribution in [0.4, 0.5) is 0 Å². The van der Waals surface area contributed by atoms with Crippen molar-refractivity contribution in [2.75, 3.05) is 0 Å². The van der Waals surface area contributed by atoms with E-state index in [9.17, 15) is 14.7 Å². The molecule has 5 nitrogen and oxygen atoms in total. The van der Waals surface area contributed by atoms with Gasteiger partial charge in [-0.2, -0.15) is 0 Å². The van der Waals surface area contributed by atoms with Gasteiger partial charge in [0.1, 0.15) is 12.2 Å². The average molecular weight is 374 g/mol. The van der Waals surface area contributed by atoms with E-state index in [0.717, 1.165) is 0 Å². The normalized spacial score (nSPS) is 42.0. The lowest BCUT2D eigenvalue weighted by Gasteiger charge is -2.41. The first-order chi connectivity index (χ1) is 12.4. The largest absolute Gasteiger partial charge is 0.481 e. The van der Waals surface area contributed by atoms with E-state index < -0.39 is 28.3 Å². The van der Waals surface area contributed by atoms with Crippen LogP contribution in [-0.4, -0.2) is 29.1 Å². The van der Waals surface area contributed by atoms with Gasteiger partial charge < -0.3 is 14.6 Å². The molecule has 0 saturated heterocycles. The van der Waals surface area contributed by atoms with Gasteiger partial charge >= 0.3 is 5.97 Å². The Morgan fingerprint density at radius 3 is 2.52 bits per heavy atom. The van der Waals surface area contributed by atoms with E-state index in [2.05, 4.69) is 13.5 Å². The van der Waals surface area contributed by atoms with Gasteiger partial charge in [0.05, 0.1) is 5.41 Å². The molecule has 0 aromatic carbocycles. The van der Waals surface area contributed by atoms with Gasteiger partial charge in [-0.25, -0.2) is 4.79 Å². The van der Waals surface area contributed by atoms with Gasteiger partial charge in [0.2, 0.25) is 0 Å². The van der Waals surface area contributed by atoms with Crippen molar-refractivity contribution in [3.05, 3.63) is 36.3 Å². The maximum absolute atomic E-state index is 13.1. The Balaban J connectivity index is 2.14. The van der Waals surface area contributed by atoms with Crippen molar-refractivity contribution in [1.82, 2.24) is 0 Å². The summed E-state index contributed by atoms with van der Waals surface area (Å²) in [5.74, 6) is -0.696. The molecular weight excluding hydrogens is 344 g/mol. The molecular formula is C22H30O5. The zero-order valence-corrected chi connectivity index (χ0v) is 17.0. The maximum Gasteiger partial charge on any atom is 0.333 e. The van der Waals surface area contributed by atoms with Crippen LogP contribution in [0.2, 0.25) is 0 Å². The fourth-order valence-electron chi connectivity index (χ4n) is 6.41. The topological polar surface area (TPSA) is 72.8 Å². The molecule has 0 aromatic heterocycles. The summed E-state index contributed by atoms with van der Waals surface area (Å²) in [6, 6.07) is 0. The van der Waals surface area contributed by atoms with Gasteiger partial charge in [-0.05, 0) is 45.8 Å². The van der Waals surface area contributed by atoms with Crippen LogP contribution < -0.4 is 0 Å². The van der Waals surface area contributed by atoms with E-state index in [-0.39, 0.29) is 29.7 Å². The SMILES string of the molecule is C=C(O)O[C@@H]1C[C@@H](C)C23C=CC(=O)[C@@]2(C)[C@@H](OC(=O)/C(C)=C/C)C(C)(C)[C@H]13. The fraction of sp³-hybridized carbons (Fsp3) is 0.636. The van der Waals surface area contributed by atoms with Gasteiger partial charge in [0, 0.05) is 22.3 Å². The van der Waals surface area contributed by atoms with Gasteiger partial charge in [-0.3, -0.25) is 4.79 Å². The number of hydrogen-bond acceptors (Lipinski definition) is 5. The summed E-state index contributed by atoms with van der Waals surface area (Å²) < 4.78 is 11.7. The highest BCUT2D eigenvalue weighted by Gasteiger charge is 2.80. The van der Waals surface area contributed by atoms with Gasteiger partial charge in [0.15, 0.2) is 5.78 Å². The lowest BCUT2D eigenvalue weighted by Crippen LogP contribution is -2.49. The molecule has 3 rings (SSSR count). The van der Waals surface area contributed by atoms with E-state index in [1.165, 1.54) is 0 Å². The zero-order valence-electron chi connectivity index (χ0n) is 17.0. The first-order valence-corrected chi connectivity index (χ1v) is 9.56. The summed E-state index contributed by atoms with van der Waals surface area (Å²) in [4.78, 5) is 25.7. The lowest BCUT2D eigenvalue weighted by molar-refractivity contribution is -0.163. The maximum atomic E-state index is 13.1. The molecule has 1 unspecified atom stereocenters. The number of rotatable bonds is 4. The molecule has 1 N–H and O–H groups in total. The molecule has 0 heterocycles. The van der Waals surface area contributed by atoms with Gasteiger partial charge in [-0.1, -0.05) is 32.9 Å². The summed E-state index contributed by atoms with van der Waals surface area (Å²) in [6.07, 6.45) is 5.16. The second-order valence-electron chi connectivity index (χ2n) is 9.08. The molecule has 6 atom stereocenters. The van der Waals surface area contributed by atoms with Crippen molar-refractivity contribution in [2.24, 2.45) is 28.1 Å². The minimum Gasteiger partial charge on any atom is -0.481 e. The third-order valence-corrected chi connectivity index (χ3v) is 7.48. The summed E-state index contributed by atoms with van der Waals surface area (Å²) in [5, 5.41) is 9.67. The number of ketones is 1. The molecule has 0 aliphatic heterocycles. The Labute approximate surface area is 161 Å². The van der Waals surface area contributed by atoms with Crippen LogP contribution in [0.1, 0.15) is 48.0 Å². The predicted molar refractivity (Wildman–Crippen MR) is 102 cm³/mol. The Bertz CT molecular complexity index is 761. The Hall–Kier alpha value is -2.04. The molecule has 148 valence electrons. The van der Waals surface area contributed by atoms with Crippen LogP contribution >= 0.6 is 0 Å². The number of aliphatic hydroxyl groups excluding tert-OH is 1. The standard InChI is InChI=1S/C22H30O5/c1-8-12(2)18(25)27-19-20(5,6)17-15(26-14(4)23)11-13(3)22(17)10-9-16(24)21(19,22)7/h8-10,13,15,17,19,23H,4,11H2,1-3,5-7H3/b12-8+/t13-,15-,17+,19+,21+,22?/m1/s1. The van der Waals surface area contributed by atoms with Crippen molar-refractivity contribution in [1.29, 1.82) is 0 Å². The summed E-state index contributed by atoms with van der Waals surface area (Å²) in [5.41, 5.74) is -1.35. The molecule has 0 radical (unpaired) electrons. The smallest absolute Gasteiger partial charge is 0.333 e. The first kappa shape index (κ1) is 19.7. The monoisotopic (exact) mass is 374 g/mol. The fourth-order valence-corrected chi connectivity index (χ4v) is 6.41. The summed E-state index contributed by atoms with van der Waals surface area (Å²) in [6.45, 7) is 15.1. The predicted octanol–water partition coefficient (Wildman–Crippen LogP) is 4.11. The first-order valence-electron chi connectivity index (χ1n) is 9.56. The Morgan fingerprint density at radius 1 is 1.33 bits per heavy atom. The number of carbonyl (C=O) groups is 2. The van der Waals surface area contributed by atoms with Crippen LogP contribution in [0, 0.1) is 28.1 Å². The summed E-state index contributed by atoms with van der Waals surface area (Å²) >= 11 is 0. The molecule has 0 amide bonds. The number of esters is 1. The second kappa shape index (κ2) is 5.98. The molecule has 1 spiro atoms. The number of allylic oxidation sites excluding steroid dienone is 3. The molecule has 3 aliphatic rings.